The number of nitrogens with two attached hydrogens (primary N) is 1. The molecule has 1 saturated heterocycles. The molecule has 0 bridgehead atoms. The molecule has 16 heavy (non-hydrogen) atoms. The van der Waals surface area contributed by atoms with Crippen LogP contribution in [0.2, 0.25) is 0 Å². The standard InChI is InChI=1S/C12H24N2O2/c1-10-8-16-6-5-14(10)11-3-2-4-12(13,7-11)9-15/h10-11,15H,2-9,13H2,1H3. The highest BCUT2D eigenvalue weighted by Gasteiger charge is 2.36. The zero-order valence-corrected chi connectivity index (χ0v) is 10.2. The van der Waals surface area contributed by atoms with Crippen LogP contribution < -0.4 is 5.73 Å². The Morgan fingerprint density at radius 1 is 1.56 bits per heavy atom. The summed E-state index contributed by atoms with van der Waals surface area (Å²) in [6.07, 6.45) is 4.22. The van der Waals surface area contributed by atoms with E-state index in [0.717, 1.165) is 39.0 Å². The summed E-state index contributed by atoms with van der Waals surface area (Å²) in [5, 5.41) is 9.36. The number of aliphatic hydroxyl groups excluding tert-OH is 1. The van der Waals surface area contributed by atoms with Gasteiger partial charge in [-0.1, -0.05) is 0 Å². The van der Waals surface area contributed by atoms with Gasteiger partial charge in [-0.25, -0.2) is 0 Å². The van der Waals surface area contributed by atoms with Gasteiger partial charge in [0, 0.05) is 24.2 Å². The summed E-state index contributed by atoms with van der Waals surface area (Å²) in [6, 6.07) is 1.02. The molecule has 1 saturated carbocycles. The van der Waals surface area contributed by atoms with Gasteiger partial charge in [-0.3, -0.25) is 4.90 Å². The summed E-state index contributed by atoms with van der Waals surface area (Å²) < 4.78 is 5.46. The molecule has 4 heteroatoms. The van der Waals surface area contributed by atoms with Gasteiger partial charge in [0.2, 0.25) is 0 Å². The Hall–Kier alpha value is -0.160. The number of hydrogen-bond acceptors (Lipinski definition) is 4. The van der Waals surface area contributed by atoms with E-state index in [0.29, 0.717) is 12.1 Å². The molecular weight excluding hydrogens is 204 g/mol. The molecule has 2 fully saturated rings. The van der Waals surface area contributed by atoms with Crippen molar-refractivity contribution in [3.8, 4) is 0 Å². The maximum Gasteiger partial charge on any atom is 0.0619 e. The van der Waals surface area contributed by atoms with E-state index < -0.39 is 0 Å². The Morgan fingerprint density at radius 2 is 2.38 bits per heavy atom. The Bertz CT molecular complexity index is 237. The van der Waals surface area contributed by atoms with Crippen LogP contribution in [0.1, 0.15) is 32.6 Å². The van der Waals surface area contributed by atoms with Crippen LogP contribution in [-0.4, -0.2) is 54.0 Å². The minimum atomic E-state index is -0.346. The number of morpholine rings is 1. The van der Waals surface area contributed by atoms with Gasteiger partial charge in [0.25, 0.3) is 0 Å². The quantitative estimate of drug-likeness (QED) is 0.715. The lowest BCUT2D eigenvalue weighted by Gasteiger charge is -2.45. The van der Waals surface area contributed by atoms with Crippen molar-refractivity contribution in [1.29, 1.82) is 0 Å². The number of hydrogen-bond donors (Lipinski definition) is 2. The first-order valence-electron chi connectivity index (χ1n) is 6.38. The number of aliphatic hydroxyl groups is 1. The maximum absolute atomic E-state index is 9.36. The summed E-state index contributed by atoms with van der Waals surface area (Å²) in [7, 11) is 0. The van der Waals surface area contributed by atoms with Crippen molar-refractivity contribution in [2.75, 3.05) is 26.4 Å². The van der Waals surface area contributed by atoms with Gasteiger partial charge >= 0.3 is 0 Å². The fourth-order valence-corrected chi connectivity index (χ4v) is 3.07. The summed E-state index contributed by atoms with van der Waals surface area (Å²) in [5.74, 6) is 0. The highest BCUT2D eigenvalue weighted by molar-refractivity contribution is 4.95. The van der Waals surface area contributed by atoms with Crippen molar-refractivity contribution in [2.24, 2.45) is 5.73 Å². The second-order valence-electron chi connectivity index (χ2n) is 5.43. The summed E-state index contributed by atoms with van der Waals surface area (Å²) in [4.78, 5) is 2.51. The molecule has 4 nitrogen and oxygen atoms in total. The largest absolute Gasteiger partial charge is 0.394 e. The fraction of sp³-hybridized carbons (Fsp3) is 1.00. The number of nitrogens with zero attached hydrogens (tertiary/aromatic N) is 1. The van der Waals surface area contributed by atoms with E-state index in [1.54, 1.807) is 0 Å². The lowest BCUT2D eigenvalue weighted by atomic mass is 9.79. The average Bonchev–Trinajstić information content (AvgIpc) is 2.30. The molecule has 0 aromatic rings. The maximum atomic E-state index is 9.36. The van der Waals surface area contributed by atoms with Gasteiger partial charge in [-0.2, -0.15) is 0 Å². The van der Waals surface area contributed by atoms with E-state index in [-0.39, 0.29) is 12.1 Å². The van der Waals surface area contributed by atoms with Crippen LogP contribution in [0.15, 0.2) is 0 Å². The van der Waals surface area contributed by atoms with Crippen molar-refractivity contribution in [2.45, 2.75) is 50.2 Å². The van der Waals surface area contributed by atoms with Gasteiger partial charge < -0.3 is 15.6 Å². The Balaban J connectivity index is 1.97. The second kappa shape index (κ2) is 5.00. The predicted octanol–water partition coefficient (Wildman–Crippen LogP) is 0.340. The van der Waals surface area contributed by atoms with Crippen LogP contribution in [-0.2, 0) is 4.74 Å². The molecule has 3 N–H and O–H groups in total. The van der Waals surface area contributed by atoms with Gasteiger partial charge in [0.1, 0.15) is 0 Å². The molecule has 2 rings (SSSR count). The van der Waals surface area contributed by atoms with E-state index in [2.05, 4.69) is 11.8 Å². The van der Waals surface area contributed by atoms with Crippen LogP contribution in [0.5, 0.6) is 0 Å². The van der Waals surface area contributed by atoms with Crippen molar-refractivity contribution in [3.05, 3.63) is 0 Å². The van der Waals surface area contributed by atoms with Crippen molar-refractivity contribution in [3.63, 3.8) is 0 Å². The van der Waals surface area contributed by atoms with Crippen molar-refractivity contribution >= 4 is 0 Å². The third-order valence-corrected chi connectivity index (χ3v) is 4.06. The number of ether oxygens (including phenoxy) is 1. The van der Waals surface area contributed by atoms with E-state index in [1.165, 1.54) is 6.42 Å². The Morgan fingerprint density at radius 3 is 3.06 bits per heavy atom. The first kappa shape index (κ1) is 12.3. The van der Waals surface area contributed by atoms with Gasteiger partial charge in [0.15, 0.2) is 0 Å². The molecular formula is C12H24N2O2. The second-order valence-corrected chi connectivity index (χ2v) is 5.43. The van der Waals surface area contributed by atoms with Crippen molar-refractivity contribution < 1.29 is 9.84 Å². The predicted molar refractivity (Wildman–Crippen MR) is 63.2 cm³/mol. The summed E-state index contributed by atoms with van der Waals surface area (Å²) in [6.45, 7) is 4.99. The smallest absolute Gasteiger partial charge is 0.0619 e. The first-order valence-corrected chi connectivity index (χ1v) is 6.38. The molecule has 0 spiro atoms. The molecule has 94 valence electrons. The SMILES string of the molecule is CC1COCCN1C1CCCC(N)(CO)C1. The molecule has 2 aliphatic rings. The molecule has 1 aliphatic heterocycles. The van der Waals surface area contributed by atoms with Gasteiger partial charge in [-0.15, -0.1) is 0 Å². The zero-order chi connectivity index (χ0) is 11.6. The zero-order valence-electron chi connectivity index (χ0n) is 10.2. The monoisotopic (exact) mass is 228 g/mol. The van der Waals surface area contributed by atoms with E-state index in [1.807, 2.05) is 0 Å². The minimum Gasteiger partial charge on any atom is -0.394 e. The molecule has 0 aromatic carbocycles. The fourth-order valence-electron chi connectivity index (χ4n) is 3.07. The minimum absolute atomic E-state index is 0.113. The first-order chi connectivity index (χ1) is 7.64. The van der Waals surface area contributed by atoms with Crippen LogP contribution in [0.25, 0.3) is 0 Å². The van der Waals surface area contributed by atoms with Crippen LogP contribution in [0, 0.1) is 0 Å². The van der Waals surface area contributed by atoms with E-state index >= 15 is 0 Å². The topological polar surface area (TPSA) is 58.7 Å². The van der Waals surface area contributed by atoms with E-state index in [9.17, 15) is 5.11 Å². The lowest BCUT2D eigenvalue weighted by Crippen LogP contribution is -2.57. The number of rotatable bonds is 2. The molecule has 1 heterocycles. The van der Waals surface area contributed by atoms with E-state index in [4.69, 9.17) is 10.5 Å². The lowest BCUT2D eigenvalue weighted by molar-refractivity contribution is -0.0392. The van der Waals surface area contributed by atoms with Crippen molar-refractivity contribution in [1.82, 2.24) is 4.90 Å². The molecule has 1 aliphatic carbocycles. The molecule has 0 aromatic heterocycles. The third kappa shape index (κ3) is 2.56. The average molecular weight is 228 g/mol. The molecule has 0 radical (unpaired) electrons. The van der Waals surface area contributed by atoms with Crippen LogP contribution in [0.3, 0.4) is 0 Å². The highest BCUT2D eigenvalue weighted by Crippen LogP contribution is 2.30. The summed E-state index contributed by atoms with van der Waals surface area (Å²) in [5.41, 5.74) is 5.85. The molecule has 3 atom stereocenters. The Kier molecular flexibility index (Phi) is 3.85. The highest BCUT2D eigenvalue weighted by atomic mass is 16.5. The van der Waals surface area contributed by atoms with Gasteiger partial charge in [0.05, 0.1) is 19.8 Å². The van der Waals surface area contributed by atoms with Crippen LogP contribution in [0.4, 0.5) is 0 Å². The normalized spacial score (nSPS) is 42.2. The van der Waals surface area contributed by atoms with Crippen LogP contribution >= 0.6 is 0 Å². The molecule has 3 unspecified atom stereocenters. The molecule has 0 amide bonds. The Labute approximate surface area is 97.7 Å². The third-order valence-electron chi connectivity index (χ3n) is 4.06. The summed E-state index contributed by atoms with van der Waals surface area (Å²) >= 11 is 0. The van der Waals surface area contributed by atoms with Gasteiger partial charge in [-0.05, 0) is 32.6 Å².